The van der Waals surface area contributed by atoms with Gasteiger partial charge in [-0.25, -0.2) is 4.98 Å². The molecule has 6 heteroatoms. The van der Waals surface area contributed by atoms with Crippen LogP contribution >= 0.6 is 11.3 Å². The van der Waals surface area contributed by atoms with Gasteiger partial charge in [0, 0.05) is 18.1 Å². The SMILES string of the molecule is CN(Cc1cscn1)C(=O)COc1ccc(N)cc1. The van der Waals surface area contributed by atoms with E-state index in [9.17, 15) is 4.79 Å². The lowest BCUT2D eigenvalue weighted by atomic mass is 10.3. The zero-order valence-electron chi connectivity index (χ0n) is 10.6. The Morgan fingerprint density at radius 3 is 2.79 bits per heavy atom. The normalized spacial score (nSPS) is 10.2. The number of ether oxygens (including phenoxy) is 1. The van der Waals surface area contributed by atoms with Gasteiger partial charge in [-0.05, 0) is 24.3 Å². The average molecular weight is 277 g/mol. The van der Waals surface area contributed by atoms with Crippen LogP contribution in [0, 0.1) is 0 Å². The second kappa shape index (κ2) is 6.19. The van der Waals surface area contributed by atoms with Crippen LogP contribution in [0.4, 0.5) is 5.69 Å². The first-order valence-corrected chi connectivity index (χ1v) is 6.69. The lowest BCUT2D eigenvalue weighted by Gasteiger charge is -2.16. The number of nitrogens with two attached hydrogens (primary N) is 1. The van der Waals surface area contributed by atoms with Crippen molar-refractivity contribution in [1.82, 2.24) is 9.88 Å². The lowest BCUT2D eigenvalue weighted by Crippen LogP contribution is -2.31. The van der Waals surface area contributed by atoms with Gasteiger partial charge in [0.2, 0.25) is 0 Å². The van der Waals surface area contributed by atoms with E-state index in [4.69, 9.17) is 10.5 Å². The van der Waals surface area contributed by atoms with Crippen molar-refractivity contribution in [3.05, 3.63) is 40.8 Å². The molecule has 2 N–H and O–H groups in total. The summed E-state index contributed by atoms with van der Waals surface area (Å²) in [6, 6.07) is 6.95. The van der Waals surface area contributed by atoms with Gasteiger partial charge in [-0.1, -0.05) is 0 Å². The molecule has 0 aliphatic rings. The van der Waals surface area contributed by atoms with Crippen molar-refractivity contribution in [2.24, 2.45) is 0 Å². The summed E-state index contributed by atoms with van der Waals surface area (Å²) in [5, 5.41) is 1.92. The van der Waals surface area contributed by atoms with Gasteiger partial charge >= 0.3 is 0 Å². The summed E-state index contributed by atoms with van der Waals surface area (Å²) in [6.07, 6.45) is 0. The van der Waals surface area contributed by atoms with Gasteiger partial charge in [-0.2, -0.15) is 0 Å². The molecule has 0 radical (unpaired) electrons. The second-order valence-corrected chi connectivity index (χ2v) is 4.81. The fourth-order valence-corrected chi connectivity index (χ4v) is 2.02. The third kappa shape index (κ3) is 3.96. The number of nitrogen functional groups attached to an aromatic ring is 1. The first-order valence-electron chi connectivity index (χ1n) is 5.74. The van der Waals surface area contributed by atoms with Crippen molar-refractivity contribution in [3.8, 4) is 5.75 Å². The number of hydrogen-bond acceptors (Lipinski definition) is 5. The van der Waals surface area contributed by atoms with Gasteiger partial charge in [0.15, 0.2) is 6.61 Å². The first-order chi connectivity index (χ1) is 9.15. The van der Waals surface area contributed by atoms with E-state index in [1.54, 1.807) is 41.7 Å². The second-order valence-electron chi connectivity index (χ2n) is 4.09. The Hall–Kier alpha value is -2.08. The predicted octanol–water partition coefficient (Wildman–Crippen LogP) is 1.76. The van der Waals surface area contributed by atoms with Crippen LogP contribution in [0.1, 0.15) is 5.69 Å². The van der Waals surface area contributed by atoms with Crippen LogP contribution in [0.3, 0.4) is 0 Å². The predicted molar refractivity (Wildman–Crippen MR) is 74.9 cm³/mol. The summed E-state index contributed by atoms with van der Waals surface area (Å²) in [5.74, 6) is 0.537. The lowest BCUT2D eigenvalue weighted by molar-refractivity contribution is -0.132. The minimum absolute atomic E-state index is 0.00452. The zero-order valence-corrected chi connectivity index (χ0v) is 11.4. The maximum absolute atomic E-state index is 11.9. The molecule has 1 aromatic carbocycles. The molecule has 19 heavy (non-hydrogen) atoms. The highest BCUT2D eigenvalue weighted by Crippen LogP contribution is 2.13. The summed E-state index contributed by atoms with van der Waals surface area (Å²) in [4.78, 5) is 17.6. The number of thiazole rings is 1. The van der Waals surface area contributed by atoms with Crippen LogP contribution in [-0.2, 0) is 11.3 Å². The molecular formula is C13H15N3O2S. The molecule has 0 spiro atoms. The average Bonchev–Trinajstić information content (AvgIpc) is 2.90. The molecule has 0 atom stereocenters. The number of amides is 1. The van der Waals surface area contributed by atoms with Crippen molar-refractivity contribution in [3.63, 3.8) is 0 Å². The maximum Gasteiger partial charge on any atom is 0.260 e. The standard InChI is InChI=1S/C13H15N3O2S/c1-16(6-11-8-19-9-15-11)13(17)7-18-12-4-2-10(14)3-5-12/h2-5,8-9H,6-7,14H2,1H3. The topological polar surface area (TPSA) is 68.5 Å². The summed E-state index contributed by atoms with van der Waals surface area (Å²) in [7, 11) is 1.73. The third-order valence-corrected chi connectivity index (χ3v) is 3.19. The molecule has 1 heterocycles. The van der Waals surface area contributed by atoms with Crippen LogP contribution in [-0.4, -0.2) is 29.4 Å². The quantitative estimate of drug-likeness (QED) is 0.846. The smallest absolute Gasteiger partial charge is 0.260 e. The van der Waals surface area contributed by atoms with Gasteiger partial charge in [-0.15, -0.1) is 11.3 Å². The molecule has 0 aliphatic heterocycles. The van der Waals surface area contributed by atoms with E-state index in [1.807, 2.05) is 5.38 Å². The highest BCUT2D eigenvalue weighted by molar-refractivity contribution is 7.07. The minimum atomic E-state index is -0.0928. The van der Waals surface area contributed by atoms with Crippen molar-refractivity contribution < 1.29 is 9.53 Å². The number of aromatic nitrogens is 1. The van der Waals surface area contributed by atoms with E-state index in [1.165, 1.54) is 11.3 Å². The molecule has 0 fully saturated rings. The number of anilines is 1. The largest absolute Gasteiger partial charge is 0.484 e. The Morgan fingerprint density at radius 2 is 2.16 bits per heavy atom. The molecule has 0 saturated carbocycles. The molecule has 0 unspecified atom stereocenters. The van der Waals surface area contributed by atoms with Crippen LogP contribution in [0.5, 0.6) is 5.75 Å². The molecule has 0 saturated heterocycles. The Kier molecular flexibility index (Phi) is 4.35. The van der Waals surface area contributed by atoms with E-state index < -0.39 is 0 Å². The van der Waals surface area contributed by atoms with Gasteiger partial charge in [0.05, 0.1) is 17.7 Å². The number of rotatable bonds is 5. The highest BCUT2D eigenvalue weighted by Gasteiger charge is 2.11. The van der Waals surface area contributed by atoms with Crippen molar-refractivity contribution in [1.29, 1.82) is 0 Å². The van der Waals surface area contributed by atoms with E-state index in [0.29, 0.717) is 18.0 Å². The van der Waals surface area contributed by atoms with Crippen molar-refractivity contribution in [2.45, 2.75) is 6.54 Å². The van der Waals surface area contributed by atoms with Gasteiger partial charge in [-0.3, -0.25) is 4.79 Å². The minimum Gasteiger partial charge on any atom is -0.484 e. The summed E-state index contributed by atoms with van der Waals surface area (Å²) in [6.45, 7) is 0.498. The van der Waals surface area contributed by atoms with Gasteiger partial charge in [0.25, 0.3) is 5.91 Å². The Morgan fingerprint density at radius 1 is 1.42 bits per heavy atom. The fourth-order valence-electron chi connectivity index (χ4n) is 1.47. The first kappa shape index (κ1) is 13.4. The number of carbonyl (C=O) groups is 1. The summed E-state index contributed by atoms with van der Waals surface area (Å²) >= 11 is 1.51. The summed E-state index contributed by atoms with van der Waals surface area (Å²) in [5.41, 5.74) is 8.87. The molecular weight excluding hydrogens is 262 g/mol. The number of likely N-dealkylation sites (N-methyl/N-ethyl adjacent to an activating group) is 1. The molecule has 100 valence electrons. The highest BCUT2D eigenvalue weighted by atomic mass is 32.1. The van der Waals surface area contributed by atoms with E-state index >= 15 is 0 Å². The molecule has 5 nitrogen and oxygen atoms in total. The Bertz CT molecular complexity index is 525. The molecule has 0 aliphatic carbocycles. The Balaban J connectivity index is 1.82. The molecule has 2 aromatic rings. The van der Waals surface area contributed by atoms with E-state index in [2.05, 4.69) is 4.98 Å². The zero-order chi connectivity index (χ0) is 13.7. The van der Waals surface area contributed by atoms with Crippen molar-refractivity contribution in [2.75, 3.05) is 19.4 Å². The number of hydrogen-bond donors (Lipinski definition) is 1. The molecule has 0 bridgehead atoms. The fraction of sp³-hybridized carbons (Fsp3) is 0.231. The number of carbonyl (C=O) groups excluding carboxylic acids is 1. The Labute approximate surface area is 115 Å². The van der Waals surface area contributed by atoms with Crippen molar-refractivity contribution >= 4 is 22.9 Å². The van der Waals surface area contributed by atoms with E-state index in [-0.39, 0.29) is 12.5 Å². The van der Waals surface area contributed by atoms with Gasteiger partial charge < -0.3 is 15.4 Å². The van der Waals surface area contributed by atoms with Crippen LogP contribution in [0.25, 0.3) is 0 Å². The molecule has 1 amide bonds. The number of nitrogens with zero attached hydrogens (tertiary/aromatic N) is 2. The monoisotopic (exact) mass is 277 g/mol. The van der Waals surface area contributed by atoms with Crippen LogP contribution in [0.15, 0.2) is 35.2 Å². The van der Waals surface area contributed by atoms with Crippen LogP contribution in [0.2, 0.25) is 0 Å². The van der Waals surface area contributed by atoms with Crippen LogP contribution < -0.4 is 10.5 Å². The third-order valence-electron chi connectivity index (χ3n) is 2.55. The maximum atomic E-state index is 11.9. The summed E-state index contributed by atoms with van der Waals surface area (Å²) < 4.78 is 5.40. The molecule has 2 rings (SSSR count). The molecule has 1 aromatic heterocycles. The van der Waals surface area contributed by atoms with E-state index in [0.717, 1.165) is 5.69 Å². The van der Waals surface area contributed by atoms with Gasteiger partial charge in [0.1, 0.15) is 5.75 Å². The number of benzene rings is 1.